The number of piperidine rings is 1. The molecule has 0 aliphatic carbocycles. The Morgan fingerprint density at radius 1 is 1.60 bits per heavy atom. The molecule has 1 unspecified atom stereocenters. The first-order valence-electron chi connectivity index (χ1n) is 6.87. The fourth-order valence-electron chi connectivity index (χ4n) is 2.51. The van der Waals surface area contributed by atoms with Gasteiger partial charge < -0.3 is 10.4 Å². The number of likely N-dealkylation sites (tertiary alicyclic amines) is 1. The lowest BCUT2D eigenvalue weighted by atomic mass is 10.0. The van der Waals surface area contributed by atoms with Crippen molar-refractivity contribution >= 4 is 17.2 Å². The molecule has 20 heavy (non-hydrogen) atoms. The highest BCUT2D eigenvalue weighted by molar-refractivity contribution is 7.10. The zero-order valence-electron chi connectivity index (χ0n) is 11.7. The summed E-state index contributed by atoms with van der Waals surface area (Å²) in [6.07, 6.45) is 3.20. The van der Waals surface area contributed by atoms with Crippen LogP contribution in [0.5, 0.6) is 0 Å². The summed E-state index contributed by atoms with van der Waals surface area (Å²) < 4.78 is 0. The lowest BCUT2D eigenvalue weighted by Crippen LogP contribution is -2.48. The van der Waals surface area contributed by atoms with Crippen molar-refractivity contribution in [3.05, 3.63) is 21.9 Å². The predicted octanol–water partition coefficient (Wildman–Crippen LogP) is 1.19. The van der Waals surface area contributed by atoms with Crippen LogP contribution < -0.4 is 5.32 Å². The van der Waals surface area contributed by atoms with Crippen molar-refractivity contribution in [3.8, 4) is 11.8 Å². The smallest absolute Gasteiger partial charge is 0.237 e. The quantitative estimate of drug-likeness (QED) is 0.823. The van der Waals surface area contributed by atoms with Gasteiger partial charge in [0, 0.05) is 29.4 Å². The molecule has 1 saturated heterocycles. The second-order valence-corrected chi connectivity index (χ2v) is 5.85. The fourth-order valence-corrected chi connectivity index (χ4v) is 3.36. The number of hydrogen-bond donors (Lipinski definition) is 2. The van der Waals surface area contributed by atoms with Crippen LogP contribution in [0.4, 0.5) is 0 Å². The van der Waals surface area contributed by atoms with Gasteiger partial charge in [-0.3, -0.25) is 9.69 Å². The van der Waals surface area contributed by atoms with Crippen molar-refractivity contribution in [2.24, 2.45) is 0 Å². The molecule has 1 fully saturated rings. The molecule has 2 N–H and O–H groups in total. The topological polar surface area (TPSA) is 52.6 Å². The maximum Gasteiger partial charge on any atom is 0.237 e. The Kier molecular flexibility index (Phi) is 5.60. The van der Waals surface area contributed by atoms with Crippen molar-refractivity contribution in [2.45, 2.75) is 31.8 Å². The Morgan fingerprint density at radius 3 is 3.20 bits per heavy atom. The van der Waals surface area contributed by atoms with E-state index >= 15 is 0 Å². The molecule has 0 aromatic carbocycles. The van der Waals surface area contributed by atoms with Gasteiger partial charge >= 0.3 is 0 Å². The van der Waals surface area contributed by atoms with Crippen LogP contribution in [-0.4, -0.2) is 42.2 Å². The number of aliphatic hydroxyl groups is 1. The van der Waals surface area contributed by atoms with Crippen LogP contribution in [0, 0.1) is 11.8 Å². The molecule has 1 aromatic rings. The lowest BCUT2D eigenvalue weighted by molar-refractivity contribution is -0.127. The average molecular weight is 292 g/mol. The molecule has 1 atom stereocenters. The van der Waals surface area contributed by atoms with E-state index in [1.54, 1.807) is 18.4 Å². The second-order valence-electron chi connectivity index (χ2n) is 4.86. The average Bonchev–Trinajstić information content (AvgIpc) is 2.92. The Balaban J connectivity index is 2.03. The van der Waals surface area contributed by atoms with Crippen molar-refractivity contribution < 1.29 is 9.90 Å². The molecular weight excluding hydrogens is 272 g/mol. The molecular formula is C15H20N2O2S. The van der Waals surface area contributed by atoms with Crippen LogP contribution in [-0.2, 0) is 11.3 Å². The molecule has 1 amide bonds. The number of aliphatic hydroxyl groups excluding tert-OH is 1. The molecule has 0 saturated carbocycles. The van der Waals surface area contributed by atoms with E-state index in [0.29, 0.717) is 0 Å². The fraction of sp³-hybridized carbons (Fsp3) is 0.533. The first kappa shape index (κ1) is 15.0. The van der Waals surface area contributed by atoms with Gasteiger partial charge in [-0.1, -0.05) is 18.3 Å². The van der Waals surface area contributed by atoms with Gasteiger partial charge in [0.2, 0.25) is 5.91 Å². The van der Waals surface area contributed by atoms with Crippen molar-refractivity contribution in [1.29, 1.82) is 0 Å². The number of thiophene rings is 1. The van der Waals surface area contributed by atoms with Crippen molar-refractivity contribution in [2.75, 3.05) is 20.2 Å². The number of hydrogen-bond acceptors (Lipinski definition) is 4. The number of amides is 1. The van der Waals surface area contributed by atoms with E-state index in [-0.39, 0.29) is 18.6 Å². The highest BCUT2D eigenvalue weighted by atomic mass is 32.1. The first-order valence-corrected chi connectivity index (χ1v) is 7.75. The second kappa shape index (κ2) is 7.44. The van der Waals surface area contributed by atoms with E-state index in [9.17, 15) is 4.79 Å². The van der Waals surface area contributed by atoms with E-state index in [4.69, 9.17) is 5.11 Å². The van der Waals surface area contributed by atoms with E-state index in [1.807, 2.05) is 11.4 Å². The number of nitrogens with zero attached hydrogens (tertiary/aromatic N) is 1. The molecule has 2 rings (SSSR count). The third-order valence-corrected chi connectivity index (χ3v) is 4.41. The molecule has 0 bridgehead atoms. The molecule has 2 heterocycles. The van der Waals surface area contributed by atoms with Gasteiger partial charge in [-0.2, -0.15) is 0 Å². The molecule has 4 nitrogen and oxygen atoms in total. The number of carbonyl (C=O) groups excluding carboxylic acids is 1. The summed E-state index contributed by atoms with van der Waals surface area (Å²) >= 11 is 1.66. The summed E-state index contributed by atoms with van der Waals surface area (Å²) in [7, 11) is 1.70. The third-order valence-electron chi connectivity index (χ3n) is 3.49. The number of likely N-dealkylation sites (N-methyl/N-ethyl adjacent to an activating group) is 1. The van der Waals surface area contributed by atoms with Gasteiger partial charge in [-0.05, 0) is 25.5 Å². The van der Waals surface area contributed by atoms with Crippen LogP contribution in [0.25, 0.3) is 0 Å². The summed E-state index contributed by atoms with van der Waals surface area (Å²) in [5, 5.41) is 13.4. The van der Waals surface area contributed by atoms with Gasteiger partial charge in [-0.15, -0.1) is 11.3 Å². The van der Waals surface area contributed by atoms with E-state index in [1.165, 1.54) is 4.88 Å². The summed E-state index contributed by atoms with van der Waals surface area (Å²) in [5.41, 5.74) is 0.938. The molecule has 5 heteroatoms. The van der Waals surface area contributed by atoms with E-state index < -0.39 is 0 Å². The summed E-state index contributed by atoms with van der Waals surface area (Å²) in [6.45, 7) is 1.65. The Morgan fingerprint density at radius 2 is 2.45 bits per heavy atom. The van der Waals surface area contributed by atoms with Gasteiger partial charge in [0.25, 0.3) is 0 Å². The van der Waals surface area contributed by atoms with Crippen LogP contribution in [0.1, 0.15) is 29.7 Å². The first-order chi connectivity index (χ1) is 9.74. The molecule has 0 spiro atoms. The normalized spacial score (nSPS) is 19.2. The molecule has 1 aromatic heterocycles. The van der Waals surface area contributed by atoms with Gasteiger partial charge in [0.05, 0.1) is 6.04 Å². The van der Waals surface area contributed by atoms with E-state index in [2.05, 4.69) is 22.1 Å². The largest absolute Gasteiger partial charge is 0.384 e. The highest BCUT2D eigenvalue weighted by Gasteiger charge is 2.28. The van der Waals surface area contributed by atoms with Crippen molar-refractivity contribution in [1.82, 2.24) is 10.2 Å². The Hall–Kier alpha value is -1.35. The molecule has 108 valence electrons. The number of carbonyl (C=O) groups is 1. The Labute approximate surface area is 123 Å². The van der Waals surface area contributed by atoms with Gasteiger partial charge in [0.1, 0.15) is 6.61 Å². The van der Waals surface area contributed by atoms with E-state index in [0.717, 1.165) is 37.9 Å². The van der Waals surface area contributed by atoms with Crippen LogP contribution >= 0.6 is 11.3 Å². The van der Waals surface area contributed by atoms with Crippen LogP contribution in [0.2, 0.25) is 0 Å². The lowest BCUT2D eigenvalue weighted by Gasteiger charge is -2.33. The zero-order valence-corrected chi connectivity index (χ0v) is 12.5. The minimum absolute atomic E-state index is 0.0113. The summed E-state index contributed by atoms with van der Waals surface area (Å²) in [5.74, 6) is 5.67. The molecule has 1 aliphatic rings. The van der Waals surface area contributed by atoms with Crippen LogP contribution in [0.3, 0.4) is 0 Å². The molecule has 0 radical (unpaired) electrons. The summed E-state index contributed by atoms with van der Waals surface area (Å²) in [6, 6.07) is 2.03. The highest BCUT2D eigenvalue weighted by Crippen LogP contribution is 2.23. The zero-order chi connectivity index (χ0) is 14.4. The minimum Gasteiger partial charge on any atom is -0.384 e. The SMILES string of the molecule is CNC(=O)C1CCCCN1Cc1cc(C#CCO)cs1. The van der Waals surface area contributed by atoms with Crippen molar-refractivity contribution in [3.63, 3.8) is 0 Å². The monoisotopic (exact) mass is 292 g/mol. The molecule has 1 aliphatic heterocycles. The Bertz CT molecular complexity index is 515. The number of rotatable bonds is 3. The van der Waals surface area contributed by atoms with Crippen LogP contribution in [0.15, 0.2) is 11.4 Å². The predicted molar refractivity (Wildman–Crippen MR) is 80.4 cm³/mol. The maximum absolute atomic E-state index is 11.9. The standard InChI is InChI=1S/C15H20N2O2S/c1-16-15(19)14-6-2-3-7-17(14)10-13-9-12(11-20-13)5-4-8-18/h9,11,14,18H,2-3,6-8,10H2,1H3,(H,16,19). The van der Waals surface area contributed by atoms with Gasteiger partial charge in [-0.25, -0.2) is 0 Å². The third kappa shape index (κ3) is 3.83. The number of nitrogens with one attached hydrogen (secondary N) is 1. The van der Waals surface area contributed by atoms with Gasteiger partial charge in [0.15, 0.2) is 0 Å². The summed E-state index contributed by atoms with van der Waals surface area (Å²) in [4.78, 5) is 15.4. The maximum atomic E-state index is 11.9. The minimum atomic E-state index is -0.115.